The molecule has 2 atom stereocenters. The number of nitrogens with zero attached hydrogens (tertiary/aromatic N) is 2. The highest BCUT2D eigenvalue weighted by atomic mass is 16.6. The summed E-state index contributed by atoms with van der Waals surface area (Å²) in [6, 6.07) is 12.8. The number of aliphatic hydroxyl groups is 1. The number of methoxy groups -OCH3 is 1. The highest BCUT2D eigenvalue weighted by Crippen LogP contribution is 2.35. The van der Waals surface area contributed by atoms with E-state index in [4.69, 9.17) is 4.74 Å². The summed E-state index contributed by atoms with van der Waals surface area (Å²) in [6.07, 6.45) is 0.228. The molecule has 0 radical (unpaired) electrons. The van der Waals surface area contributed by atoms with E-state index in [1.54, 1.807) is 6.07 Å². The van der Waals surface area contributed by atoms with Gasteiger partial charge in [0.25, 0.3) is 0 Å². The first-order valence-corrected chi connectivity index (χ1v) is 7.78. The van der Waals surface area contributed by atoms with E-state index in [2.05, 4.69) is 0 Å². The van der Waals surface area contributed by atoms with Crippen LogP contribution in [0.5, 0.6) is 5.75 Å². The van der Waals surface area contributed by atoms with Gasteiger partial charge in [0.2, 0.25) is 0 Å². The van der Waals surface area contributed by atoms with E-state index in [-0.39, 0.29) is 17.5 Å². The van der Waals surface area contributed by atoms with Crippen molar-refractivity contribution < 1.29 is 14.8 Å². The Labute approximate surface area is 140 Å². The predicted molar refractivity (Wildman–Crippen MR) is 90.0 cm³/mol. The molecular formula is C18H20N2O4. The number of benzene rings is 2. The van der Waals surface area contributed by atoms with Gasteiger partial charge in [0.05, 0.1) is 18.1 Å². The average Bonchev–Trinajstić information content (AvgIpc) is 2.92. The average molecular weight is 328 g/mol. The molecule has 24 heavy (non-hydrogen) atoms. The van der Waals surface area contributed by atoms with Gasteiger partial charge >= 0.3 is 5.69 Å². The fourth-order valence-corrected chi connectivity index (χ4v) is 3.33. The largest absolute Gasteiger partial charge is 0.490 e. The summed E-state index contributed by atoms with van der Waals surface area (Å²) in [4.78, 5) is 12.7. The smallest absolute Gasteiger partial charge is 0.311 e. The molecule has 0 amide bonds. The molecule has 2 aromatic rings. The minimum atomic E-state index is -0.542. The van der Waals surface area contributed by atoms with Gasteiger partial charge in [0.1, 0.15) is 0 Å². The molecule has 1 N–H and O–H groups in total. The van der Waals surface area contributed by atoms with E-state index in [9.17, 15) is 15.2 Å². The van der Waals surface area contributed by atoms with E-state index in [0.717, 1.165) is 23.1 Å². The molecule has 0 saturated heterocycles. The molecule has 2 aromatic carbocycles. The number of likely N-dealkylation sites (N-methyl/N-ethyl adjacent to an activating group) is 1. The summed E-state index contributed by atoms with van der Waals surface area (Å²) in [5.41, 5.74) is 2.89. The Balaban J connectivity index is 1.77. The monoisotopic (exact) mass is 328 g/mol. The maximum atomic E-state index is 11.1. The van der Waals surface area contributed by atoms with Crippen molar-refractivity contribution in [2.24, 2.45) is 0 Å². The third-order valence-corrected chi connectivity index (χ3v) is 4.61. The number of hydrogen-bond donors (Lipinski definition) is 1. The van der Waals surface area contributed by atoms with Gasteiger partial charge in [0, 0.05) is 18.7 Å². The van der Waals surface area contributed by atoms with E-state index < -0.39 is 11.0 Å². The first-order valence-electron chi connectivity index (χ1n) is 7.78. The van der Waals surface area contributed by atoms with Crippen LogP contribution in [0.1, 0.15) is 22.8 Å². The van der Waals surface area contributed by atoms with Crippen LogP contribution in [0.25, 0.3) is 0 Å². The van der Waals surface area contributed by atoms with E-state index in [0.29, 0.717) is 6.54 Å². The topological polar surface area (TPSA) is 75.8 Å². The van der Waals surface area contributed by atoms with Gasteiger partial charge in [-0.05, 0) is 36.2 Å². The zero-order valence-corrected chi connectivity index (χ0v) is 13.7. The number of ether oxygens (including phenoxy) is 1. The van der Waals surface area contributed by atoms with Gasteiger partial charge in [-0.15, -0.1) is 0 Å². The number of nitro groups is 1. The standard InChI is InChI=1S/C18H20N2O4/c1-19(16-10-13-5-3-4-6-14(13)18(16)21)11-12-7-8-17(24-2)15(9-12)20(22)23/h3-9,16,18,21H,10-11H2,1-2H3/t16-,18-/m0/s1. The van der Waals surface area contributed by atoms with Gasteiger partial charge < -0.3 is 9.84 Å². The van der Waals surface area contributed by atoms with Crippen LogP contribution in [0.2, 0.25) is 0 Å². The summed E-state index contributed by atoms with van der Waals surface area (Å²) in [5.74, 6) is 0.250. The Morgan fingerprint density at radius 2 is 2.08 bits per heavy atom. The summed E-state index contributed by atoms with van der Waals surface area (Å²) in [5, 5.41) is 21.7. The fourth-order valence-electron chi connectivity index (χ4n) is 3.33. The fraction of sp³-hybridized carbons (Fsp3) is 0.333. The molecule has 0 aromatic heterocycles. The molecule has 3 rings (SSSR count). The summed E-state index contributed by atoms with van der Waals surface area (Å²) < 4.78 is 5.03. The molecule has 0 heterocycles. The van der Waals surface area contributed by atoms with Gasteiger partial charge in [-0.25, -0.2) is 0 Å². The normalized spacial score (nSPS) is 19.3. The highest BCUT2D eigenvalue weighted by Gasteiger charge is 2.33. The Bertz CT molecular complexity index is 762. The molecule has 6 heteroatoms. The first-order chi connectivity index (χ1) is 11.5. The van der Waals surface area contributed by atoms with Crippen molar-refractivity contribution in [1.29, 1.82) is 0 Å². The van der Waals surface area contributed by atoms with Crippen molar-refractivity contribution in [3.05, 3.63) is 69.3 Å². The number of aliphatic hydroxyl groups excluding tert-OH is 1. The van der Waals surface area contributed by atoms with Crippen LogP contribution in [0.3, 0.4) is 0 Å². The minimum Gasteiger partial charge on any atom is -0.490 e. The molecule has 0 saturated carbocycles. The van der Waals surface area contributed by atoms with Crippen LogP contribution >= 0.6 is 0 Å². The van der Waals surface area contributed by atoms with Crippen LogP contribution < -0.4 is 4.74 Å². The van der Waals surface area contributed by atoms with Crippen molar-refractivity contribution in [3.63, 3.8) is 0 Å². The molecule has 6 nitrogen and oxygen atoms in total. The van der Waals surface area contributed by atoms with E-state index in [1.165, 1.54) is 13.2 Å². The lowest BCUT2D eigenvalue weighted by Crippen LogP contribution is -2.34. The third-order valence-electron chi connectivity index (χ3n) is 4.61. The van der Waals surface area contributed by atoms with Crippen molar-refractivity contribution in [2.75, 3.05) is 14.2 Å². The maximum absolute atomic E-state index is 11.1. The number of hydrogen-bond acceptors (Lipinski definition) is 5. The summed E-state index contributed by atoms with van der Waals surface area (Å²) >= 11 is 0. The van der Waals surface area contributed by atoms with Crippen LogP contribution in [-0.2, 0) is 13.0 Å². The summed E-state index contributed by atoms with van der Waals surface area (Å²) in [7, 11) is 3.34. The number of rotatable bonds is 5. The number of fused-ring (bicyclic) bond motifs is 1. The van der Waals surface area contributed by atoms with Crippen molar-refractivity contribution in [3.8, 4) is 5.75 Å². The Morgan fingerprint density at radius 1 is 1.33 bits per heavy atom. The lowest BCUT2D eigenvalue weighted by Gasteiger charge is -2.27. The zero-order chi connectivity index (χ0) is 17.3. The number of nitro benzene ring substituents is 1. The maximum Gasteiger partial charge on any atom is 0.311 e. The molecule has 126 valence electrons. The highest BCUT2D eigenvalue weighted by molar-refractivity contribution is 5.48. The molecular weight excluding hydrogens is 308 g/mol. The Hall–Kier alpha value is -2.44. The molecule has 0 bridgehead atoms. The summed E-state index contributed by atoms with van der Waals surface area (Å²) in [6.45, 7) is 0.514. The van der Waals surface area contributed by atoms with Gasteiger partial charge in [-0.2, -0.15) is 0 Å². The third kappa shape index (κ3) is 2.98. The van der Waals surface area contributed by atoms with Crippen LogP contribution in [-0.4, -0.2) is 35.1 Å². The van der Waals surface area contributed by atoms with Gasteiger partial charge in [-0.3, -0.25) is 15.0 Å². The van der Waals surface area contributed by atoms with Crippen molar-refractivity contribution in [2.45, 2.75) is 25.1 Å². The Kier molecular flexibility index (Phi) is 4.51. The molecule has 0 aliphatic heterocycles. The lowest BCUT2D eigenvalue weighted by molar-refractivity contribution is -0.385. The second-order valence-electron chi connectivity index (χ2n) is 6.09. The second-order valence-corrected chi connectivity index (χ2v) is 6.09. The van der Waals surface area contributed by atoms with Crippen LogP contribution in [0.15, 0.2) is 42.5 Å². The second kappa shape index (κ2) is 6.59. The van der Waals surface area contributed by atoms with Crippen LogP contribution in [0.4, 0.5) is 5.69 Å². The molecule has 1 aliphatic carbocycles. The molecule has 1 aliphatic rings. The van der Waals surface area contributed by atoms with Crippen molar-refractivity contribution >= 4 is 5.69 Å². The van der Waals surface area contributed by atoms with Gasteiger partial charge in [0.15, 0.2) is 5.75 Å². The molecule has 0 fully saturated rings. The van der Waals surface area contributed by atoms with Gasteiger partial charge in [-0.1, -0.05) is 30.3 Å². The molecule has 0 unspecified atom stereocenters. The quantitative estimate of drug-likeness (QED) is 0.674. The lowest BCUT2D eigenvalue weighted by atomic mass is 10.1. The van der Waals surface area contributed by atoms with Crippen molar-refractivity contribution in [1.82, 2.24) is 4.90 Å². The predicted octanol–water partition coefficient (Wildman–Crippen LogP) is 2.69. The van der Waals surface area contributed by atoms with E-state index >= 15 is 0 Å². The SMILES string of the molecule is COc1ccc(CN(C)[C@H]2Cc3ccccc3[C@@H]2O)cc1[N+](=O)[O-]. The Morgan fingerprint density at radius 3 is 2.75 bits per heavy atom. The van der Waals surface area contributed by atoms with E-state index in [1.807, 2.05) is 42.3 Å². The molecule has 0 spiro atoms. The zero-order valence-electron chi connectivity index (χ0n) is 13.7. The minimum absolute atomic E-state index is 0.0384. The first kappa shape index (κ1) is 16.4. The van der Waals surface area contributed by atoms with Crippen LogP contribution in [0, 0.1) is 10.1 Å².